The largest absolute Gasteiger partial charge is 0.355 e. The van der Waals surface area contributed by atoms with E-state index >= 15 is 0 Å². The van der Waals surface area contributed by atoms with Crippen molar-refractivity contribution in [2.24, 2.45) is 0 Å². The maximum atomic E-state index is 11.6. The molecule has 0 fully saturated rings. The van der Waals surface area contributed by atoms with E-state index in [0.29, 0.717) is 6.54 Å². The Balaban J connectivity index is 2.23. The molecule has 6 nitrogen and oxygen atoms in total. The van der Waals surface area contributed by atoms with Gasteiger partial charge in [0, 0.05) is 24.0 Å². The molecule has 0 aliphatic heterocycles. The van der Waals surface area contributed by atoms with E-state index in [1.807, 2.05) is 12.3 Å². The molecular formula is C11H19N3O3S2. The molecule has 8 heteroatoms. The molecule has 1 aromatic rings. The molecule has 108 valence electrons. The van der Waals surface area contributed by atoms with Gasteiger partial charge in [0.25, 0.3) is 0 Å². The highest BCUT2D eigenvalue weighted by Crippen LogP contribution is 2.10. The second kappa shape index (κ2) is 6.97. The number of nitrogens with one attached hydrogen (secondary N) is 2. The molecule has 19 heavy (non-hydrogen) atoms. The molecule has 1 amide bonds. The minimum Gasteiger partial charge on any atom is -0.355 e. The third-order valence-corrected chi connectivity index (χ3v) is 4.13. The summed E-state index contributed by atoms with van der Waals surface area (Å²) in [5.41, 5.74) is 1.01. The summed E-state index contributed by atoms with van der Waals surface area (Å²) in [7, 11) is -3.36. The lowest BCUT2D eigenvalue weighted by molar-refractivity contribution is -0.122. The summed E-state index contributed by atoms with van der Waals surface area (Å²) in [6.45, 7) is 3.97. The van der Waals surface area contributed by atoms with Gasteiger partial charge in [-0.3, -0.25) is 4.79 Å². The van der Waals surface area contributed by atoms with Gasteiger partial charge in [-0.1, -0.05) is 0 Å². The monoisotopic (exact) mass is 305 g/mol. The van der Waals surface area contributed by atoms with Crippen molar-refractivity contribution < 1.29 is 13.2 Å². The second-order valence-corrected chi connectivity index (χ2v) is 7.11. The van der Waals surface area contributed by atoms with Gasteiger partial charge in [-0.15, -0.1) is 11.3 Å². The third-order valence-electron chi connectivity index (χ3n) is 2.32. The summed E-state index contributed by atoms with van der Waals surface area (Å²) in [5, 5.41) is 5.74. The Morgan fingerprint density at radius 3 is 2.74 bits per heavy atom. The molecule has 0 spiro atoms. The average molecular weight is 305 g/mol. The zero-order valence-corrected chi connectivity index (χ0v) is 12.9. The standard InChI is InChI=1S/C11H19N3O3S2/c1-8-7-18-10(13-8)5-4-6-12-11(15)9(2)14-19(3,16)17/h7,9,14H,4-6H2,1-3H3,(H,12,15)/t9-/m0/s1. The number of thiazole rings is 1. The summed E-state index contributed by atoms with van der Waals surface area (Å²) in [6.07, 6.45) is 2.62. The van der Waals surface area contributed by atoms with E-state index in [1.54, 1.807) is 11.3 Å². The molecule has 1 aromatic heterocycles. The summed E-state index contributed by atoms with van der Waals surface area (Å²) in [6, 6.07) is -0.753. The number of rotatable bonds is 7. The van der Waals surface area contributed by atoms with E-state index in [2.05, 4.69) is 15.0 Å². The normalized spacial score (nSPS) is 13.2. The van der Waals surface area contributed by atoms with E-state index in [4.69, 9.17) is 0 Å². The highest BCUT2D eigenvalue weighted by molar-refractivity contribution is 7.88. The van der Waals surface area contributed by atoms with E-state index in [-0.39, 0.29) is 5.91 Å². The number of sulfonamides is 1. The predicted molar refractivity (Wildman–Crippen MR) is 75.6 cm³/mol. The fourth-order valence-corrected chi connectivity index (χ4v) is 3.06. The Morgan fingerprint density at radius 2 is 2.21 bits per heavy atom. The molecule has 0 saturated heterocycles. The zero-order chi connectivity index (χ0) is 14.5. The van der Waals surface area contributed by atoms with Gasteiger partial charge in [0.05, 0.1) is 17.3 Å². The van der Waals surface area contributed by atoms with Gasteiger partial charge in [-0.25, -0.2) is 18.1 Å². The number of aryl methyl sites for hydroxylation is 2. The number of carbonyl (C=O) groups excluding carboxylic acids is 1. The van der Waals surface area contributed by atoms with Crippen LogP contribution >= 0.6 is 11.3 Å². The number of hydrogen-bond donors (Lipinski definition) is 2. The van der Waals surface area contributed by atoms with Crippen LogP contribution < -0.4 is 10.0 Å². The van der Waals surface area contributed by atoms with Gasteiger partial charge < -0.3 is 5.32 Å². The lowest BCUT2D eigenvalue weighted by Gasteiger charge is -2.12. The van der Waals surface area contributed by atoms with Crippen LogP contribution in [0.4, 0.5) is 0 Å². The van der Waals surface area contributed by atoms with Crippen LogP contribution in [-0.2, 0) is 21.2 Å². The first kappa shape index (κ1) is 16.1. The van der Waals surface area contributed by atoms with Crippen LogP contribution in [-0.4, -0.2) is 38.2 Å². The summed E-state index contributed by atoms with van der Waals surface area (Å²) >= 11 is 1.61. The molecule has 0 radical (unpaired) electrons. The minimum atomic E-state index is -3.36. The number of hydrogen-bond acceptors (Lipinski definition) is 5. The zero-order valence-electron chi connectivity index (χ0n) is 11.3. The van der Waals surface area contributed by atoms with Crippen molar-refractivity contribution in [2.45, 2.75) is 32.7 Å². The topological polar surface area (TPSA) is 88.2 Å². The summed E-state index contributed by atoms with van der Waals surface area (Å²) < 4.78 is 24.2. The molecule has 1 heterocycles. The lowest BCUT2D eigenvalue weighted by atomic mass is 10.3. The summed E-state index contributed by atoms with van der Waals surface area (Å²) in [4.78, 5) is 15.9. The maximum absolute atomic E-state index is 11.6. The van der Waals surface area contributed by atoms with Crippen LogP contribution in [0.25, 0.3) is 0 Å². The number of aromatic nitrogens is 1. The van der Waals surface area contributed by atoms with E-state index < -0.39 is 16.1 Å². The molecule has 0 aromatic carbocycles. The molecular weight excluding hydrogens is 286 g/mol. The minimum absolute atomic E-state index is 0.319. The van der Waals surface area contributed by atoms with Crippen LogP contribution in [0.1, 0.15) is 24.0 Å². The third kappa shape index (κ3) is 6.65. The van der Waals surface area contributed by atoms with Crippen molar-refractivity contribution in [1.82, 2.24) is 15.0 Å². The lowest BCUT2D eigenvalue weighted by Crippen LogP contribution is -2.44. The second-order valence-electron chi connectivity index (χ2n) is 4.39. The Morgan fingerprint density at radius 1 is 1.53 bits per heavy atom. The van der Waals surface area contributed by atoms with Crippen molar-refractivity contribution in [3.8, 4) is 0 Å². The first-order chi connectivity index (χ1) is 8.78. The van der Waals surface area contributed by atoms with Crippen molar-refractivity contribution in [1.29, 1.82) is 0 Å². The highest BCUT2D eigenvalue weighted by atomic mass is 32.2. The first-order valence-corrected chi connectivity index (χ1v) is 8.71. The fraction of sp³-hybridized carbons (Fsp3) is 0.636. The van der Waals surface area contributed by atoms with Crippen LogP contribution in [0.5, 0.6) is 0 Å². The van der Waals surface area contributed by atoms with Crippen LogP contribution in [0, 0.1) is 6.92 Å². The molecule has 2 N–H and O–H groups in total. The van der Waals surface area contributed by atoms with Gasteiger partial charge >= 0.3 is 0 Å². The molecule has 0 bridgehead atoms. The Labute approximate surface area is 117 Å². The quantitative estimate of drug-likeness (QED) is 0.715. The van der Waals surface area contributed by atoms with Gasteiger partial charge in [-0.05, 0) is 20.3 Å². The fourth-order valence-electron chi connectivity index (χ4n) is 1.50. The van der Waals surface area contributed by atoms with E-state index in [9.17, 15) is 13.2 Å². The van der Waals surface area contributed by atoms with E-state index in [0.717, 1.165) is 29.8 Å². The number of amides is 1. The number of carbonyl (C=O) groups is 1. The van der Waals surface area contributed by atoms with Gasteiger partial charge in [-0.2, -0.15) is 0 Å². The van der Waals surface area contributed by atoms with Crippen molar-refractivity contribution >= 4 is 27.3 Å². The average Bonchev–Trinajstić information content (AvgIpc) is 2.68. The van der Waals surface area contributed by atoms with E-state index in [1.165, 1.54) is 6.92 Å². The molecule has 1 atom stereocenters. The van der Waals surface area contributed by atoms with Crippen molar-refractivity contribution in [3.63, 3.8) is 0 Å². The molecule has 1 rings (SSSR count). The van der Waals surface area contributed by atoms with Crippen LogP contribution in [0.2, 0.25) is 0 Å². The Bertz CT molecular complexity index is 525. The predicted octanol–water partition coefficient (Wildman–Crippen LogP) is 0.438. The first-order valence-electron chi connectivity index (χ1n) is 5.94. The van der Waals surface area contributed by atoms with Gasteiger partial charge in [0.2, 0.25) is 15.9 Å². The van der Waals surface area contributed by atoms with Crippen molar-refractivity contribution in [3.05, 3.63) is 16.1 Å². The molecule has 0 saturated carbocycles. The molecule has 0 aliphatic carbocycles. The van der Waals surface area contributed by atoms with Gasteiger partial charge in [0.1, 0.15) is 0 Å². The summed E-state index contributed by atoms with van der Waals surface area (Å²) in [5.74, 6) is -0.319. The Kier molecular flexibility index (Phi) is 5.89. The SMILES string of the molecule is Cc1csc(CCCNC(=O)[C@H](C)NS(C)(=O)=O)n1. The van der Waals surface area contributed by atoms with Crippen LogP contribution in [0.15, 0.2) is 5.38 Å². The molecule has 0 unspecified atom stereocenters. The van der Waals surface area contributed by atoms with Gasteiger partial charge in [0.15, 0.2) is 0 Å². The highest BCUT2D eigenvalue weighted by Gasteiger charge is 2.16. The van der Waals surface area contributed by atoms with Crippen LogP contribution in [0.3, 0.4) is 0 Å². The Hall–Kier alpha value is -0.990. The number of nitrogens with zero attached hydrogens (tertiary/aromatic N) is 1. The smallest absolute Gasteiger partial charge is 0.237 e. The van der Waals surface area contributed by atoms with Crippen molar-refractivity contribution in [2.75, 3.05) is 12.8 Å². The maximum Gasteiger partial charge on any atom is 0.237 e. The molecule has 0 aliphatic rings.